The van der Waals surface area contributed by atoms with E-state index in [1.807, 2.05) is 0 Å². The quantitative estimate of drug-likeness (QED) is 0.790. The van der Waals surface area contributed by atoms with Gasteiger partial charge in [-0.15, -0.1) is 0 Å². The Balaban J connectivity index is 2.16. The zero-order valence-electron chi connectivity index (χ0n) is 9.99. The molecule has 0 radical (unpaired) electrons. The minimum absolute atomic E-state index is 0.352. The number of cyclic esters (lactones) is 1. The van der Waals surface area contributed by atoms with Crippen molar-refractivity contribution in [3.05, 3.63) is 62.8 Å². The predicted octanol–water partition coefficient (Wildman–Crippen LogP) is 4.89. The third-order valence-electron chi connectivity index (χ3n) is 3.03. The highest BCUT2D eigenvalue weighted by Crippen LogP contribution is 2.42. The van der Waals surface area contributed by atoms with E-state index in [1.54, 1.807) is 24.3 Å². The lowest BCUT2D eigenvalue weighted by Crippen LogP contribution is -2.25. The SMILES string of the molecule is O=C1Nc2ccc(Br)c(Cl)c2C(c2ccc(F)cc2)O1. The van der Waals surface area contributed by atoms with Gasteiger partial charge in [-0.2, -0.15) is 0 Å². The number of hydrogen-bond acceptors (Lipinski definition) is 2. The molecule has 0 aliphatic carbocycles. The van der Waals surface area contributed by atoms with Gasteiger partial charge >= 0.3 is 6.09 Å². The second kappa shape index (κ2) is 5.07. The summed E-state index contributed by atoms with van der Waals surface area (Å²) in [6.45, 7) is 0. The number of carbonyl (C=O) groups excluding carboxylic acids is 1. The molecule has 1 unspecified atom stereocenters. The van der Waals surface area contributed by atoms with Crippen LogP contribution in [-0.2, 0) is 4.74 Å². The van der Waals surface area contributed by atoms with Crippen LogP contribution in [0.1, 0.15) is 17.2 Å². The van der Waals surface area contributed by atoms with Crippen LogP contribution in [0, 0.1) is 5.82 Å². The Kier molecular flexibility index (Phi) is 3.40. The molecule has 0 bridgehead atoms. The Labute approximate surface area is 127 Å². The molecule has 3 rings (SSSR count). The fourth-order valence-electron chi connectivity index (χ4n) is 2.11. The molecule has 1 N–H and O–H groups in total. The van der Waals surface area contributed by atoms with Crippen molar-refractivity contribution in [2.75, 3.05) is 5.32 Å². The topological polar surface area (TPSA) is 38.3 Å². The summed E-state index contributed by atoms with van der Waals surface area (Å²) in [5.74, 6) is -0.352. The number of fused-ring (bicyclic) bond motifs is 1. The fourth-order valence-corrected chi connectivity index (χ4v) is 2.72. The number of nitrogens with one attached hydrogen (secondary N) is 1. The number of anilines is 1. The number of benzene rings is 2. The first-order valence-electron chi connectivity index (χ1n) is 5.77. The maximum atomic E-state index is 13.0. The molecule has 102 valence electrons. The van der Waals surface area contributed by atoms with Gasteiger partial charge < -0.3 is 4.74 Å². The second-order valence-corrected chi connectivity index (χ2v) is 5.52. The molecule has 1 heterocycles. The number of ether oxygens (including phenoxy) is 1. The average molecular weight is 357 g/mol. The summed E-state index contributed by atoms with van der Waals surface area (Å²) >= 11 is 9.62. The van der Waals surface area contributed by atoms with E-state index in [0.717, 1.165) is 0 Å². The van der Waals surface area contributed by atoms with Crippen LogP contribution in [0.3, 0.4) is 0 Å². The minimum atomic E-state index is -0.663. The average Bonchev–Trinajstić information content (AvgIpc) is 2.43. The van der Waals surface area contributed by atoms with Crippen LogP contribution in [0.25, 0.3) is 0 Å². The van der Waals surface area contributed by atoms with Crippen LogP contribution in [0.5, 0.6) is 0 Å². The first-order chi connectivity index (χ1) is 9.56. The van der Waals surface area contributed by atoms with E-state index >= 15 is 0 Å². The molecule has 1 aliphatic heterocycles. The summed E-state index contributed by atoms with van der Waals surface area (Å²) in [4.78, 5) is 11.6. The lowest BCUT2D eigenvalue weighted by molar-refractivity contribution is 0.126. The van der Waals surface area contributed by atoms with Gasteiger partial charge in [-0.05, 0) is 45.8 Å². The Bertz CT molecular complexity index is 690. The number of halogens is 3. The van der Waals surface area contributed by atoms with E-state index in [-0.39, 0.29) is 5.82 Å². The van der Waals surface area contributed by atoms with Gasteiger partial charge in [0.2, 0.25) is 0 Å². The normalized spacial score (nSPS) is 17.1. The van der Waals surface area contributed by atoms with Crippen molar-refractivity contribution in [2.45, 2.75) is 6.10 Å². The third kappa shape index (κ3) is 2.27. The molecule has 0 spiro atoms. The van der Waals surface area contributed by atoms with Crippen molar-refractivity contribution in [1.82, 2.24) is 0 Å². The Hall–Kier alpha value is -1.59. The van der Waals surface area contributed by atoms with Crippen LogP contribution in [0.4, 0.5) is 14.9 Å². The molecular weight excluding hydrogens is 349 g/mol. The van der Waals surface area contributed by atoms with Crippen molar-refractivity contribution in [2.24, 2.45) is 0 Å². The van der Waals surface area contributed by atoms with Gasteiger partial charge in [-0.25, -0.2) is 9.18 Å². The van der Waals surface area contributed by atoms with Gasteiger partial charge in [0, 0.05) is 10.0 Å². The molecule has 1 amide bonds. The molecule has 0 saturated heterocycles. The van der Waals surface area contributed by atoms with E-state index in [0.29, 0.717) is 26.3 Å². The van der Waals surface area contributed by atoms with Crippen molar-refractivity contribution in [3.63, 3.8) is 0 Å². The lowest BCUT2D eigenvalue weighted by atomic mass is 9.98. The van der Waals surface area contributed by atoms with Crippen LogP contribution in [-0.4, -0.2) is 6.09 Å². The maximum Gasteiger partial charge on any atom is 0.412 e. The Morgan fingerprint density at radius 1 is 1.20 bits per heavy atom. The summed E-state index contributed by atoms with van der Waals surface area (Å²) in [6, 6.07) is 9.25. The summed E-state index contributed by atoms with van der Waals surface area (Å²) < 4.78 is 19.0. The molecule has 0 fully saturated rings. The minimum Gasteiger partial charge on any atom is -0.436 e. The molecule has 0 aromatic heterocycles. The van der Waals surface area contributed by atoms with Gasteiger partial charge in [0.15, 0.2) is 6.10 Å². The second-order valence-electron chi connectivity index (χ2n) is 4.28. The van der Waals surface area contributed by atoms with Gasteiger partial charge in [-0.1, -0.05) is 23.7 Å². The molecule has 2 aromatic rings. The Morgan fingerprint density at radius 2 is 1.90 bits per heavy atom. The predicted molar refractivity (Wildman–Crippen MR) is 77.5 cm³/mol. The monoisotopic (exact) mass is 355 g/mol. The molecule has 6 heteroatoms. The smallest absolute Gasteiger partial charge is 0.412 e. The summed E-state index contributed by atoms with van der Waals surface area (Å²) in [6.07, 6.45) is -1.23. The van der Waals surface area contributed by atoms with E-state index in [2.05, 4.69) is 21.2 Å². The molecule has 3 nitrogen and oxygen atoms in total. The van der Waals surface area contributed by atoms with Crippen LogP contribution in [0.2, 0.25) is 5.02 Å². The number of carbonyl (C=O) groups is 1. The van der Waals surface area contributed by atoms with Crippen LogP contribution < -0.4 is 5.32 Å². The van der Waals surface area contributed by atoms with E-state index in [9.17, 15) is 9.18 Å². The Morgan fingerprint density at radius 3 is 2.60 bits per heavy atom. The molecule has 20 heavy (non-hydrogen) atoms. The molecule has 1 aliphatic rings. The van der Waals surface area contributed by atoms with Crippen LogP contribution >= 0.6 is 27.5 Å². The lowest BCUT2D eigenvalue weighted by Gasteiger charge is -2.27. The highest BCUT2D eigenvalue weighted by Gasteiger charge is 2.30. The largest absolute Gasteiger partial charge is 0.436 e. The van der Waals surface area contributed by atoms with Crippen LogP contribution in [0.15, 0.2) is 40.9 Å². The van der Waals surface area contributed by atoms with Crippen molar-refractivity contribution in [3.8, 4) is 0 Å². The first kappa shape index (κ1) is 13.4. The highest BCUT2D eigenvalue weighted by atomic mass is 79.9. The summed E-state index contributed by atoms with van der Waals surface area (Å²) in [7, 11) is 0. The van der Waals surface area contributed by atoms with Gasteiger partial charge in [0.1, 0.15) is 5.82 Å². The number of rotatable bonds is 1. The van der Waals surface area contributed by atoms with Crippen molar-refractivity contribution in [1.29, 1.82) is 0 Å². The number of amides is 1. The van der Waals surface area contributed by atoms with E-state index in [4.69, 9.17) is 16.3 Å². The first-order valence-corrected chi connectivity index (χ1v) is 6.94. The zero-order valence-corrected chi connectivity index (χ0v) is 12.3. The third-order valence-corrected chi connectivity index (χ3v) is 4.33. The fraction of sp³-hybridized carbons (Fsp3) is 0.0714. The van der Waals surface area contributed by atoms with Crippen molar-refractivity contribution < 1.29 is 13.9 Å². The van der Waals surface area contributed by atoms with Gasteiger partial charge in [0.25, 0.3) is 0 Å². The zero-order chi connectivity index (χ0) is 14.3. The molecule has 2 aromatic carbocycles. The molecular formula is C14H8BrClFNO2. The standard InChI is InChI=1S/C14H8BrClFNO2/c15-9-5-6-10-11(12(9)16)13(20-14(19)18-10)7-1-3-8(17)4-2-7/h1-6,13H,(H,18,19). The number of hydrogen-bond donors (Lipinski definition) is 1. The van der Waals surface area contributed by atoms with E-state index in [1.165, 1.54) is 12.1 Å². The summed E-state index contributed by atoms with van der Waals surface area (Å²) in [5.41, 5.74) is 1.89. The van der Waals surface area contributed by atoms with Gasteiger partial charge in [-0.3, -0.25) is 5.32 Å². The van der Waals surface area contributed by atoms with Gasteiger partial charge in [0.05, 0.1) is 10.7 Å². The molecule has 0 saturated carbocycles. The molecule has 1 atom stereocenters. The highest BCUT2D eigenvalue weighted by molar-refractivity contribution is 9.10. The maximum absolute atomic E-state index is 13.0. The van der Waals surface area contributed by atoms with Crippen molar-refractivity contribution >= 4 is 39.3 Å². The van der Waals surface area contributed by atoms with E-state index < -0.39 is 12.2 Å². The summed E-state index contributed by atoms with van der Waals surface area (Å²) in [5, 5.41) is 3.05.